The number of hydrogen-bond donors (Lipinski definition) is 0. The van der Waals surface area contributed by atoms with Crippen molar-refractivity contribution in [2.24, 2.45) is 0 Å². The molecule has 0 aliphatic rings. The van der Waals surface area contributed by atoms with E-state index in [1.54, 1.807) is 18.2 Å². The van der Waals surface area contributed by atoms with Crippen molar-refractivity contribution in [2.45, 2.75) is 25.3 Å². The summed E-state index contributed by atoms with van der Waals surface area (Å²) in [6.07, 6.45) is 0. The highest BCUT2D eigenvalue weighted by atomic mass is 32.2. The zero-order valence-electron chi connectivity index (χ0n) is 22.0. The van der Waals surface area contributed by atoms with Gasteiger partial charge in [0.2, 0.25) is 0 Å². The smallest absolute Gasteiger partial charge is 0.344 e. The molecule has 202 valence electrons. The van der Waals surface area contributed by atoms with Crippen LogP contribution in [0.2, 0.25) is 0 Å². The summed E-state index contributed by atoms with van der Waals surface area (Å²) in [7, 11) is -4.30. The Morgan fingerprint density at radius 3 is 2.25 bits per heavy atom. The first kappa shape index (κ1) is 27.1. The standard InChI is InChI=1S/C32H27NO6S/c1-22-12-15-27(16-13-22)40(36,37)33(31(34)21-38-20-24-9-4-3-5-10-24)26-14-17-30-25(18-26)19-29(32(35)39-30)28-11-7-6-8-23(28)2/h3-19H,20-21H2,1-2H3. The summed E-state index contributed by atoms with van der Waals surface area (Å²) in [6, 6.07) is 29.1. The van der Waals surface area contributed by atoms with Crippen LogP contribution in [-0.4, -0.2) is 20.9 Å². The first-order valence-electron chi connectivity index (χ1n) is 12.6. The lowest BCUT2D eigenvalue weighted by atomic mass is 10.0. The van der Waals surface area contributed by atoms with Crippen LogP contribution in [0, 0.1) is 13.8 Å². The lowest BCUT2D eigenvalue weighted by Crippen LogP contribution is -2.39. The van der Waals surface area contributed by atoms with Gasteiger partial charge in [-0.2, -0.15) is 0 Å². The molecule has 4 aromatic carbocycles. The molecule has 0 unspecified atom stereocenters. The maximum absolute atomic E-state index is 13.8. The number of aryl methyl sites for hydroxylation is 2. The van der Waals surface area contributed by atoms with E-state index in [-0.39, 0.29) is 22.8 Å². The Labute approximate surface area is 232 Å². The van der Waals surface area contributed by atoms with E-state index in [0.29, 0.717) is 16.5 Å². The van der Waals surface area contributed by atoms with Crippen molar-refractivity contribution in [1.29, 1.82) is 0 Å². The van der Waals surface area contributed by atoms with Gasteiger partial charge in [-0.05, 0) is 66.9 Å². The Hall–Kier alpha value is -4.53. The Kier molecular flexibility index (Phi) is 7.64. The van der Waals surface area contributed by atoms with E-state index in [1.165, 1.54) is 30.3 Å². The van der Waals surface area contributed by atoms with Crippen LogP contribution in [0.25, 0.3) is 22.1 Å². The van der Waals surface area contributed by atoms with Gasteiger partial charge < -0.3 is 9.15 Å². The van der Waals surface area contributed by atoms with Crippen molar-refractivity contribution in [3.05, 3.63) is 130 Å². The topological polar surface area (TPSA) is 93.9 Å². The number of amides is 1. The molecule has 0 aliphatic carbocycles. The molecule has 1 aromatic heterocycles. The minimum Gasteiger partial charge on any atom is -0.422 e. The van der Waals surface area contributed by atoms with Gasteiger partial charge >= 0.3 is 5.63 Å². The molecular weight excluding hydrogens is 526 g/mol. The Bertz CT molecular complexity index is 1850. The van der Waals surface area contributed by atoms with Crippen molar-refractivity contribution >= 4 is 32.6 Å². The van der Waals surface area contributed by atoms with Gasteiger partial charge in [-0.15, -0.1) is 0 Å². The average Bonchev–Trinajstić information content (AvgIpc) is 2.94. The fourth-order valence-corrected chi connectivity index (χ4v) is 5.82. The predicted molar refractivity (Wildman–Crippen MR) is 155 cm³/mol. The quantitative estimate of drug-likeness (QED) is 0.218. The molecule has 0 saturated carbocycles. The maximum Gasteiger partial charge on any atom is 0.344 e. The number of carbonyl (C=O) groups excluding carboxylic acids is 1. The number of carbonyl (C=O) groups is 1. The molecular formula is C32H27NO6S. The normalized spacial score (nSPS) is 11.4. The fourth-order valence-electron chi connectivity index (χ4n) is 4.42. The zero-order chi connectivity index (χ0) is 28.3. The second-order valence-corrected chi connectivity index (χ2v) is 11.2. The maximum atomic E-state index is 13.8. The van der Waals surface area contributed by atoms with Gasteiger partial charge in [-0.1, -0.05) is 72.3 Å². The van der Waals surface area contributed by atoms with Gasteiger partial charge in [0, 0.05) is 5.39 Å². The molecule has 0 N–H and O–H groups in total. The molecule has 0 atom stereocenters. The highest BCUT2D eigenvalue weighted by Crippen LogP contribution is 2.30. The van der Waals surface area contributed by atoms with Crippen molar-refractivity contribution in [2.75, 3.05) is 10.9 Å². The molecule has 0 spiro atoms. The van der Waals surface area contributed by atoms with Crippen LogP contribution in [0.15, 0.2) is 117 Å². The van der Waals surface area contributed by atoms with Crippen LogP contribution < -0.4 is 9.93 Å². The Morgan fingerprint density at radius 2 is 1.52 bits per heavy atom. The SMILES string of the molecule is Cc1ccc(S(=O)(=O)N(C(=O)COCc2ccccc2)c2ccc3oc(=O)c(-c4ccccc4C)cc3c2)cc1. The zero-order valence-corrected chi connectivity index (χ0v) is 22.9. The molecule has 0 bridgehead atoms. The third-order valence-corrected chi connectivity index (χ3v) is 8.27. The summed E-state index contributed by atoms with van der Waals surface area (Å²) in [4.78, 5) is 26.2. The van der Waals surface area contributed by atoms with Crippen molar-refractivity contribution in [1.82, 2.24) is 0 Å². The van der Waals surface area contributed by atoms with Crippen LogP contribution in [0.4, 0.5) is 5.69 Å². The van der Waals surface area contributed by atoms with E-state index in [9.17, 15) is 18.0 Å². The number of sulfonamides is 1. The molecule has 0 radical (unpaired) electrons. The van der Waals surface area contributed by atoms with E-state index < -0.39 is 28.2 Å². The minimum absolute atomic E-state index is 0.0326. The van der Waals surface area contributed by atoms with Gasteiger partial charge in [0.1, 0.15) is 12.2 Å². The predicted octanol–water partition coefficient (Wildman–Crippen LogP) is 6.02. The largest absolute Gasteiger partial charge is 0.422 e. The monoisotopic (exact) mass is 553 g/mol. The number of fused-ring (bicyclic) bond motifs is 1. The number of hydrogen-bond acceptors (Lipinski definition) is 6. The van der Waals surface area contributed by atoms with Crippen molar-refractivity contribution in [3.8, 4) is 11.1 Å². The van der Waals surface area contributed by atoms with Crippen LogP contribution in [0.3, 0.4) is 0 Å². The van der Waals surface area contributed by atoms with E-state index >= 15 is 0 Å². The molecule has 1 amide bonds. The lowest BCUT2D eigenvalue weighted by molar-refractivity contribution is -0.122. The molecule has 8 heteroatoms. The molecule has 0 saturated heterocycles. The van der Waals surface area contributed by atoms with Crippen molar-refractivity contribution in [3.63, 3.8) is 0 Å². The summed E-state index contributed by atoms with van der Waals surface area (Å²) in [5, 5.41) is 0.470. The van der Waals surface area contributed by atoms with Crippen LogP contribution in [-0.2, 0) is 26.2 Å². The lowest BCUT2D eigenvalue weighted by Gasteiger charge is -2.23. The Morgan fingerprint density at radius 1 is 0.825 bits per heavy atom. The molecule has 0 aliphatic heterocycles. The molecule has 5 rings (SSSR count). The van der Waals surface area contributed by atoms with Gasteiger partial charge in [0.05, 0.1) is 22.8 Å². The van der Waals surface area contributed by atoms with Gasteiger partial charge in [-0.3, -0.25) is 4.79 Å². The van der Waals surface area contributed by atoms with Crippen LogP contribution >= 0.6 is 0 Å². The number of benzene rings is 4. The first-order chi connectivity index (χ1) is 19.2. The van der Waals surface area contributed by atoms with E-state index in [2.05, 4.69) is 0 Å². The summed E-state index contributed by atoms with van der Waals surface area (Å²) in [6.45, 7) is 3.42. The van der Waals surface area contributed by atoms with E-state index in [1.807, 2.05) is 68.4 Å². The molecule has 7 nitrogen and oxygen atoms in total. The average molecular weight is 554 g/mol. The first-order valence-corrected chi connectivity index (χ1v) is 14.1. The fraction of sp³-hybridized carbons (Fsp3) is 0.125. The Balaban J connectivity index is 1.56. The molecule has 0 fully saturated rings. The number of nitrogens with zero attached hydrogens (tertiary/aromatic N) is 1. The third kappa shape index (κ3) is 5.59. The van der Waals surface area contributed by atoms with Crippen molar-refractivity contribution < 1.29 is 22.4 Å². The minimum atomic E-state index is -4.30. The second kappa shape index (κ2) is 11.3. The van der Waals surface area contributed by atoms with Crippen LogP contribution in [0.5, 0.6) is 0 Å². The summed E-state index contributed by atoms with van der Waals surface area (Å²) >= 11 is 0. The summed E-state index contributed by atoms with van der Waals surface area (Å²) in [5.74, 6) is -0.757. The summed E-state index contributed by atoms with van der Waals surface area (Å²) < 4.78 is 39.6. The molecule has 40 heavy (non-hydrogen) atoms. The highest BCUT2D eigenvalue weighted by Gasteiger charge is 2.31. The van der Waals surface area contributed by atoms with E-state index in [0.717, 1.165) is 21.0 Å². The van der Waals surface area contributed by atoms with Gasteiger partial charge in [-0.25, -0.2) is 17.5 Å². The summed E-state index contributed by atoms with van der Waals surface area (Å²) in [5.41, 5.74) is 3.53. The van der Waals surface area contributed by atoms with E-state index in [4.69, 9.17) is 9.15 Å². The molecule has 1 heterocycles. The molecule has 5 aromatic rings. The van der Waals surface area contributed by atoms with Gasteiger partial charge in [0.25, 0.3) is 15.9 Å². The number of ether oxygens (including phenoxy) is 1. The highest BCUT2D eigenvalue weighted by molar-refractivity contribution is 7.93. The number of anilines is 1. The number of rotatable bonds is 8. The second-order valence-electron chi connectivity index (χ2n) is 9.44. The van der Waals surface area contributed by atoms with Gasteiger partial charge in [0.15, 0.2) is 0 Å². The third-order valence-electron chi connectivity index (χ3n) is 6.51. The van der Waals surface area contributed by atoms with Crippen LogP contribution in [0.1, 0.15) is 16.7 Å².